The second-order valence-corrected chi connectivity index (χ2v) is 7.71. The zero-order valence-corrected chi connectivity index (χ0v) is 18.0. The third kappa shape index (κ3) is 4.66. The predicted octanol–water partition coefficient (Wildman–Crippen LogP) is 5.46. The summed E-state index contributed by atoms with van der Waals surface area (Å²) in [7, 11) is 4.06. The number of halogens is 1. The molecule has 0 fully saturated rings. The van der Waals surface area contributed by atoms with Gasteiger partial charge in [-0.2, -0.15) is 0 Å². The lowest BCUT2D eigenvalue weighted by Gasteiger charge is -2.39. The van der Waals surface area contributed by atoms with Crippen LogP contribution in [0.5, 0.6) is 11.5 Å². The van der Waals surface area contributed by atoms with Crippen LogP contribution in [-0.4, -0.2) is 31.5 Å². The number of fused-ring (bicyclic) bond motifs is 1. The van der Waals surface area contributed by atoms with Gasteiger partial charge < -0.3 is 14.4 Å². The maximum absolute atomic E-state index is 12.8. The van der Waals surface area contributed by atoms with Crippen molar-refractivity contribution in [3.8, 4) is 11.5 Å². The number of carbonyl (C=O) groups excluding carboxylic acids is 1. The molecule has 0 spiro atoms. The van der Waals surface area contributed by atoms with Gasteiger partial charge in [-0.15, -0.1) is 12.4 Å². The topological polar surface area (TPSA) is 38.8 Å². The highest BCUT2D eigenvalue weighted by Gasteiger charge is 2.41. The van der Waals surface area contributed by atoms with E-state index < -0.39 is 5.60 Å². The summed E-state index contributed by atoms with van der Waals surface area (Å²) in [4.78, 5) is 14.9. The highest BCUT2D eigenvalue weighted by molar-refractivity contribution is 5.92. The molecule has 0 bridgehead atoms. The van der Waals surface area contributed by atoms with Crippen LogP contribution in [0.2, 0.25) is 0 Å². The fourth-order valence-electron chi connectivity index (χ4n) is 3.75. The minimum atomic E-state index is -0.680. The highest BCUT2D eigenvalue weighted by atomic mass is 35.5. The fourth-order valence-corrected chi connectivity index (χ4v) is 3.75. The van der Waals surface area contributed by atoms with E-state index >= 15 is 0 Å². The second kappa shape index (κ2) is 9.33. The Morgan fingerprint density at radius 3 is 2.23 bits per heavy atom. The molecule has 30 heavy (non-hydrogen) atoms. The number of rotatable bonds is 6. The van der Waals surface area contributed by atoms with Crippen LogP contribution < -0.4 is 4.74 Å². The van der Waals surface area contributed by atoms with Crippen molar-refractivity contribution < 1.29 is 14.3 Å². The van der Waals surface area contributed by atoms with Gasteiger partial charge in [0.15, 0.2) is 0 Å². The monoisotopic (exact) mass is 423 g/mol. The summed E-state index contributed by atoms with van der Waals surface area (Å²) < 4.78 is 12.0. The van der Waals surface area contributed by atoms with Crippen LogP contribution in [0.25, 0.3) is 0 Å². The molecular weight excluding hydrogens is 398 g/mol. The van der Waals surface area contributed by atoms with Crippen molar-refractivity contribution in [2.45, 2.75) is 18.4 Å². The Balaban J connectivity index is 0.00000256. The highest BCUT2D eigenvalue weighted by Crippen LogP contribution is 2.40. The van der Waals surface area contributed by atoms with Gasteiger partial charge in [-0.25, -0.2) is 4.79 Å². The standard InChI is InChI=1S/C25H25NO3.ClH/c1-26(2)17-16-25(18-19-8-6-7-11-23(19)24(27)29-25)20-12-14-22(15-13-20)28-21-9-4-3-5-10-21;/h3-15H,16-18H2,1-2H3;1H. The van der Waals surface area contributed by atoms with E-state index in [0.717, 1.165) is 35.6 Å². The van der Waals surface area contributed by atoms with E-state index in [9.17, 15) is 4.79 Å². The molecule has 0 N–H and O–H groups in total. The van der Waals surface area contributed by atoms with Gasteiger partial charge >= 0.3 is 5.97 Å². The van der Waals surface area contributed by atoms with Crippen molar-refractivity contribution in [1.29, 1.82) is 0 Å². The Kier molecular flexibility index (Phi) is 6.80. The smallest absolute Gasteiger partial charge is 0.339 e. The molecule has 4 rings (SSSR count). The summed E-state index contributed by atoms with van der Waals surface area (Å²) in [5, 5.41) is 0. The maximum atomic E-state index is 12.8. The minimum absolute atomic E-state index is 0. The van der Waals surface area contributed by atoms with Crippen LogP contribution in [0.15, 0.2) is 78.9 Å². The van der Waals surface area contributed by atoms with Crippen LogP contribution in [0.4, 0.5) is 0 Å². The molecule has 5 heteroatoms. The molecule has 1 unspecified atom stereocenters. The van der Waals surface area contributed by atoms with E-state index in [4.69, 9.17) is 9.47 Å². The molecule has 1 atom stereocenters. The Morgan fingerprint density at radius 2 is 1.53 bits per heavy atom. The minimum Gasteiger partial charge on any atom is -0.457 e. The molecular formula is C25H26ClNO3. The van der Waals surface area contributed by atoms with E-state index in [-0.39, 0.29) is 18.4 Å². The normalized spacial score (nSPS) is 17.6. The number of benzene rings is 3. The number of hydrogen-bond donors (Lipinski definition) is 0. The molecule has 0 saturated heterocycles. The van der Waals surface area contributed by atoms with Crippen LogP contribution in [0.1, 0.15) is 27.9 Å². The van der Waals surface area contributed by atoms with E-state index in [1.54, 1.807) is 0 Å². The largest absolute Gasteiger partial charge is 0.457 e. The zero-order chi connectivity index (χ0) is 20.3. The molecule has 4 nitrogen and oxygen atoms in total. The number of carbonyl (C=O) groups is 1. The maximum Gasteiger partial charge on any atom is 0.339 e. The SMILES string of the molecule is CN(C)CCC1(c2ccc(Oc3ccccc3)cc2)Cc2ccccc2C(=O)O1.Cl. The molecule has 0 aliphatic carbocycles. The van der Waals surface area contributed by atoms with Crippen molar-refractivity contribution in [3.05, 3.63) is 95.6 Å². The van der Waals surface area contributed by atoms with Crippen molar-refractivity contribution in [1.82, 2.24) is 4.90 Å². The van der Waals surface area contributed by atoms with Crippen LogP contribution in [0, 0.1) is 0 Å². The van der Waals surface area contributed by atoms with Crippen molar-refractivity contribution in [2.75, 3.05) is 20.6 Å². The van der Waals surface area contributed by atoms with Crippen LogP contribution >= 0.6 is 12.4 Å². The summed E-state index contributed by atoms with van der Waals surface area (Å²) in [5.74, 6) is 1.29. The number of ether oxygens (including phenoxy) is 2. The number of hydrogen-bond acceptors (Lipinski definition) is 4. The molecule has 0 saturated carbocycles. The van der Waals surface area contributed by atoms with Gasteiger partial charge in [0.1, 0.15) is 17.1 Å². The molecule has 0 radical (unpaired) electrons. The Morgan fingerprint density at radius 1 is 0.900 bits per heavy atom. The summed E-state index contributed by atoms with van der Waals surface area (Å²) in [6.07, 6.45) is 1.39. The van der Waals surface area contributed by atoms with Gasteiger partial charge in [0, 0.05) is 19.4 Å². The van der Waals surface area contributed by atoms with Gasteiger partial charge in [0.25, 0.3) is 0 Å². The molecule has 3 aromatic rings. The zero-order valence-electron chi connectivity index (χ0n) is 17.2. The summed E-state index contributed by atoms with van der Waals surface area (Å²) in [6.45, 7) is 0.817. The first-order chi connectivity index (χ1) is 14.1. The van der Waals surface area contributed by atoms with Crippen molar-refractivity contribution in [3.63, 3.8) is 0 Å². The van der Waals surface area contributed by atoms with Gasteiger partial charge in [-0.05, 0) is 55.6 Å². The Bertz CT molecular complexity index is 989. The van der Waals surface area contributed by atoms with Gasteiger partial charge in [-0.3, -0.25) is 0 Å². The quantitative estimate of drug-likeness (QED) is 0.493. The summed E-state index contributed by atoms with van der Waals surface area (Å²) in [5.41, 5.74) is 2.01. The van der Waals surface area contributed by atoms with E-state index in [2.05, 4.69) is 4.90 Å². The molecule has 1 heterocycles. The lowest BCUT2D eigenvalue weighted by Crippen LogP contribution is -2.41. The molecule has 3 aromatic carbocycles. The molecule has 156 valence electrons. The van der Waals surface area contributed by atoms with E-state index in [0.29, 0.717) is 12.0 Å². The molecule has 1 aliphatic rings. The van der Waals surface area contributed by atoms with Crippen molar-refractivity contribution >= 4 is 18.4 Å². The first-order valence-electron chi connectivity index (χ1n) is 9.85. The Hall–Kier alpha value is -2.82. The van der Waals surface area contributed by atoms with Crippen LogP contribution in [-0.2, 0) is 16.8 Å². The predicted molar refractivity (Wildman–Crippen MR) is 121 cm³/mol. The van der Waals surface area contributed by atoms with Crippen molar-refractivity contribution in [2.24, 2.45) is 0 Å². The molecule has 0 aromatic heterocycles. The number of nitrogens with zero attached hydrogens (tertiary/aromatic N) is 1. The van der Waals surface area contributed by atoms with E-state index in [1.165, 1.54) is 0 Å². The number of para-hydroxylation sites is 1. The second-order valence-electron chi connectivity index (χ2n) is 7.71. The van der Waals surface area contributed by atoms with Gasteiger partial charge in [-0.1, -0.05) is 48.5 Å². The third-order valence-corrected chi connectivity index (χ3v) is 5.32. The summed E-state index contributed by atoms with van der Waals surface area (Å²) >= 11 is 0. The number of esters is 1. The van der Waals surface area contributed by atoms with Gasteiger partial charge in [0.2, 0.25) is 0 Å². The average Bonchev–Trinajstić information content (AvgIpc) is 2.74. The third-order valence-electron chi connectivity index (χ3n) is 5.32. The summed E-state index contributed by atoms with van der Waals surface area (Å²) in [6, 6.07) is 25.3. The first kappa shape index (κ1) is 21.9. The fraction of sp³-hybridized carbons (Fsp3) is 0.240. The lowest BCUT2D eigenvalue weighted by molar-refractivity contribution is -0.0355. The lowest BCUT2D eigenvalue weighted by atomic mass is 9.80. The Labute approximate surface area is 183 Å². The van der Waals surface area contributed by atoms with Gasteiger partial charge in [0.05, 0.1) is 5.56 Å². The number of cyclic esters (lactones) is 1. The first-order valence-corrected chi connectivity index (χ1v) is 9.85. The van der Waals surface area contributed by atoms with Crippen LogP contribution in [0.3, 0.4) is 0 Å². The average molecular weight is 424 g/mol. The molecule has 0 amide bonds. The molecule has 1 aliphatic heterocycles. The van der Waals surface area contributed by atoms with E-state index in [1.807, 2.05) is 93.0 Å².